The Kier molecular flexibility index (Phi) is 3.31. The Morgan fingerprint density at radius 3 is 2.62 bits per heavy atom. The highest BCUT2D eigenvalue weighted by Crippen LogP contribution is 2.07. The summed E-state index contributed by atoms with van der Waals surface area (Å²) in [6.07, 6.45) is 4.29. The van der Waals surface area contributed by atoms with Gasteiger partial charge in [0.2, 0.25) is 0 Å². The van der Waals surface area contributed by atoms with Crippen molar-refractivity contribution in [3.63, 3.8) is 0 Å². The molecule has 0 saturated carbocycles. The molecule has 1 rings (SSSR count). The van der Waals surface area contributed by atoms with E-state index in [1.807, 2.05) is 6.92 Å². The van der Waals surface area contributed by atoms with Crippen LogP contribution < -0.4 is 0 Å². The van der Waals surface area contributed by atoms with Gasteiger partial charge in [0.25, 0.3) is 0 Å². The summed E-state index contributed by atoms with van der Waals surface area (Å²) in [5, 5.41) is 0. The third-order valence-corrected chi connectivity index (χ3v) is 1.66. The van der Waals surface area contributed by atoms with Crippen LogP contribution in [0.3, 0.4) is 0 Å². The molecular weight excluding hydrogens is 162 g/mol. The first-order valence-corrected chi connectivity index (χ1v) is 4.24. The summed E-state index contributed by atoms with van der Waals surface area (Å²) in [5.41, 5.74) is 1.66. The van der Waals surface area contributed by atoms with Gasteiger partial charge in [0.05, 0.1) is 0 Å². The maximum absolute atomic E-state index is 4.26. The molecule has 0 unspecified atom stereocenters. The summed E-state index contributed by atoms with van der Waals surface area (Å²) in [7, 11) is 0. The van der Waals surface area contributed by atoms with Crippen LogP contribution in [0.5, 0.6) is 0 Å². The van der Waals surface area contributed by atoms with Crippen LogP contribution in [0.2, 0.25) is 0 Å². The first-order chi connectivity index (χ1) is 6.24. The van der Waals surface area contributed by atoms with E-state index >= 15 is 0 Å². The van der Waals surface area contributed by atoms with Gasteiger partial charge in [-0.2, -0.15) is 0 Å². The molecule has 3 heteroatoms. The van der Waals surface area contributed by atoms with E-state index in [2.05, 4.69) is 28.5 Å². The van der Waals surface area contributed by atoms with Gasteiger partial charge < -0.3 is 0 Å². The van der Waals surface area contributed by atoms with Crippen molar-refractivity contribution < 1.29 is 0 Å². The Bertz CT molecular complexity index is 314. The minimum atomic E-state index is 0.593. The van der Waals surface area contributed by atoms with Crippen LogP contribution in [0.1, 0.15) is 26.1 Å². The molecule has 0 saturated heterocycles. The zero-order chi connectivity index (χ0) is 9.68. The Hall–Kier alpha value is -1.51. The van der Waals surface area contributed by atoms with E-state index in [0.717, 1.165) is 12.1 Å². The summed E-state index contributed by atoms with van der Waals surface area (Å²) in [6, 6.07) is 1.77. The maximum atomic E-state index is 4.26. The molecule has 1 heterocycles. The van der Waals surface area contributed by atoms with Crippen molar-refractivity contribution >= 4 is 11.4 Å². The number of aliphatic imine (C=N–C) groups is 1. The van der Waals surface area contributed by atoms with Crippen molar-refractivity contribution in [2.45, 2.75) is 20.3 Å². The molecular formula is C10H13N3. The third-order valence-electron chi connectivity index (χ3n) is 1.66. The van der Waals surface area contributed by atoms with Gasteiger partial charge >= 0.3 is 0 Å². The molecule has 0 radical (unpaired) electrons. The van der Waals surface area contributed by atoms with Crippen LogP contribution in [-0.2, 0) is 0 Å². The molecule has 0 aromatic carbocycles. The predicted molar refractivity (Wildman–Crippen MR) is 54.5 cm³/mol. The molecule has 0 fully saturated rings. The number of rotatable bonds is 3. The Morgan fingerprint density at radius 2 is 2.08 bits per heavy atom. The minimum absolute atomic E-state index is 0.593. The van der Waals surface area contributed by atoms with Gasteiger partial charge in [-0.25, -0.2) is 9.97 Å². The van der Waals surface area contributed by atoms with Crippen molar-refractivity contribution in [2.24, 2.45) is 4.99 Å². The van der Waals surface area contributed by atoms with Gasteiger partial charge in [-0.3, -0.25) is 4.99 Å². The van der Waals surface area contributed by atoms with Gasteiger partial charge in [0, 0.05) is 18.1 Å². The quantitative estimate of drug-likeness (QED) is 0.661. The average Bonchev–Trinajstić information content (AvgIpc) is 2.19. The third kappa shape index (κ3) is 2.78. The summed E-state index contributed by atoms with van der Waals surface area (Å²) < 4.78 is 0. The Labute approximate surface area is 78.3 Å². The molecule has 3 nitrogen and oxygen atoms in total. The molecule has 0 atom stereocenters. The number of aromatic nitrogens is 2. The monoisotopic (exact) mass is 175 g/mol. The van der Waals surface area contributed by atoms with Gasteiger partial charge in [-0.1, -0.05) is 13.5 Å². The van der Waals surface area contributed by atoms with Gasteiger partial charge in [0.1, 0.15) is 5.70 Å². The van der Waals surface area contributed by atoms with E-state index < -0.39 is 0 Å². The highest BCUT2D eigenvalue weighted by atomic mass is 14.9. The molecule has 0 aliphatic carbocycles. The molecule has 0 amide bonds. The van der Waals surface area contributed by atoms with Crippen LogP contribution in [0.4, 0.5) is 0 Å². The lowest BCUT2D eigenvalue weighted by Crippen LogP contribution is -1.93. The first kappa shape index (κ1) is 9.58. The van der Waals surface area contributed by atoms with Crippen LogP contribution in [0.25, 0.3) is 5.70 Å². The number of hydrogen-bond donors (Lipinski definition) is 0. The summed E-state index contributed by atoms with van der Waals surface area (Å²) >= 11 is 0. The van der Waals surface area contributed by atoms with Crippen LogP contribution in [0.15, 0.2) is 30.0 Å². The van der Waals surface area contributed by atoms with Crippen molar-refractivity contribution in [1.82, 2.24) is 9.97 Å². The molecule has 1 aromatic heterocycles. The molecule has 13 heavy (non-hydrogen) atoms. The summed E-state index contributed by atoms with van der Waals surface area (Å²) in [5.74, 6) is 0.593. The first-order valence-electron chi connectivity index (χ1n) is 4.24. The summed E-state index contributed by atoms with van der Waals surface area (Å²) in [4.78, 5) is 12.4. The van der Waals surface area contributed by atoms with E-state index in [1.165, 1.54) is 0 Å². The second kappa shape index (κ2) is 4.50. The number of hydrogen-bond acceptors (Lipinski definition) is 3. The summed E-state index contributed by atoms with van der Waals surface area (Å²) in [6.45, 7) is 7.82. The van der Waals surface area contributed by atoms with E-state index in [-0.39, 0.29) is 0 Å². The second-order valence-electron chi connectivity index (χ2n) is 2.72. The fourth-order valence-electron chi connectivity index (χ4n) is 0.808. The van der Waals surface area contributed by atoms with E-state index in [4.69, 9.17) is 0 Å². The smallest absolute Gasteiger partial charge is 0.177 e. The topological polar surface area (TPSA) is 38.1 Å². The van der Waals surface area contributed by atoms with E-state index in [0.29, 0.717) is 11.5 Å². The van der Waals surface area contributed by atoms with Crippen LogP contribution in [-0.4, -0.2) is 15.7 Å². The van der Waals surface area contributed by atoms with Crippen molar-refractivity contribution in [1.29, 1.82) is 0 Å². The largest absolute Gasteiger partial charge is 0.255 e. The predicted octanol–water partition coefficient (Wildman–Crippen LogP) is 2.32. The molecule has 0 aliphatic rings. The zero-order valence-corrected chi connectivity index (χ0v) is 7.99. The van der Waals surface area contributed by atoms with Gasteiger partial charge in [0.15, 0.2) is 5.82 Å². The van der Waals surface area contributed by atoms with Crippen molar-refractivity contribution in [2.75, 3.05) is 0 Å². The van der Waals surface area contributed by atoms with Gasteiger partial charge in [-0.05, 0) is 19.4 Å². The Morgan fingerprint density at radius 1 is 1.46 bits per heavy atom. The highest BCUT2D eigenvalue weighted by molar-refractivity contribution is 5.86. The second-order valence-corrected chi connectivity index (χ2v) is 2.72. The molecule has 0 spiro atoms. The highest BCUT2D eigenvalue weighted by Gasteiger charge is 1.98. The minimum Gasteiger partial charge on any atom is -0.255 e. The molecule has 0 bridgehead atoms. The average molecular weight is 175 g/mol. The normalized spacial score (nSPS) is 11.4. The molecule has 68 valence electrons. The van der Waals surface area contributed by atoms with Crippen LogP contribution >= 0.6 is 0 Å². The van der Waals surface area contributed by atoms with Crippen molar-refractivity contribution in [3.8, 4) is 0 Å². The van der Waals surface area contributed by atoms with E-state index in [9.17, 15) is 0 Å². The lowest BCUT2D eigenvalue weighted by atomic mass is 10.3. The fourth-order valence-corrected chi connectivity index (χ4v) is 0.808. The molecule has 0 aliphatic heterocycles. The molecule has 0 N–H and O–H groups in total. The molecule has 1 aromatic rings. The van der Waals surface area contributed by atoms with Crippen molar-refractivity contribution in [3.05, 3.63) is 30.9 Å². The Balaban J connectivity index is 2.81. The van der Waals surface area contributed by atoms with Crippen LogP contribution in [0, 0.1) is 0 Å². The maximum Gasteiger partial charge on any atom is 0.177 e. The lowest BCUT2D eigenvalue weighted by molar-refractivity contribution is 1.10. The lowest BCUT2D eigenvalue weighted by Gasteiger charge is -1.98. The zero-order valence-electron chi connectivity index (χ0n) is 7.99. The van der Waals surface area contributed by atoms with E-state index in [1.54, 1.807) is 18.5 Å². The standard InChI is InChI=1S/C10H13N3/c1-4-8(2)13-9(3)10-11-6-5-7-12-10/h5-7H,3-4H2,1-2H3/b13-8+. The fraction of sp³-hybridized carbons (Fsp3) is 0.300. The van der Waals surface area contributed by atoms with Gasteiger partial charge in [-0.15, -0.1) is 0 Å². The SMILES string of the molecule is C=C(/N=C(\C)CC)c1ncccn1. The number of nitrogens with zero attached hydrogens (tertiary/aromatic N) is 3.